The summed E-state index contributed by atoms with van der Waals surface area (Å²) in [6.07, 6.45) is 2.40. The van der Waals surface area contributed by atoms with E-state index in [2.05, 4.69) is 57.1 Å². The minimum atomic E-state index is 0.120. The fraction of sp³-hybridized carbons (Fsp3) is 0.500. The molecular weight excluding hydrogens is 320 g/mol. The molecule has 0 fully saturated rings. The molecule has 0 aliphatic heterocycles. The van der Waals surface area contributed by atoms with Crippen LogP contribution in [-0.2, 0) is 6.42 Å². The molecule has 2 aromatic heterocycles. The van der Waals surface area contributed by atoms with E-state index in [0.717, 1.165) is 4.47 Å². The van der Waals surface area contributed by atoms with Gasteiger partial charge in [0, 0.05) is 23.1 Å². The van der Waals surface area contributed by atoms with Gasteiger partial charge >= 0.3 is 0 Å². The Morgan fingerprint density at radius 1 is 1.40 bits per heavy atom. The fourth-order valence-corrected chi connectivity index (χ4v) is 2.43. The number of aromatic nitrogens is 3. The van der Waals surface area contributed by atoms with Crippen LogP contribution < -0.4 is 5.32 Å². The van der Waals surface area contributed by atoms with Gasteiger partial charge in [-0.15, -0.1) is 0 Å². The van der Waals surface area contributed by atoms with Crippen molar-refractivity contribution in [3.63, 3.8) is 0 Å². The zero-order valence-corrected chi connectivity index (χ0v) is 13.7. The van der Waals surface area contributed by atoms with Crippen molar-refractivity contribution in [1.82, 2.24) is 20.4 Å². The number of halogens is 1. The molecule has 0 bridgehead atoms. The zero-order valence-electron chi connectivity index (χ0n) is 12.1. The summed E-state index contributed by atoms with van der Waals surface area (Å²) in [5, 5.41) is 7.31. The Labute approximate surface area is 127 Å². The number of hydrogen-bond donors (Lipinski definition) is 1. The predicted molar refractivity (Wildman–Crippen MR) is 81.2 cm³/mol. The van der Waals surface area contributed by atoms with E-state index in [1.54, 1.807) is 6.20 Å². The first-order valence-corrected chi connectivity index (χ1v) is 7.32. The first-order valence-electron chi connectivity index (χ1n) is 6.52. The third-order valence-corrected chi connectivity index (χ3v) is 3.85. The van der Waals surface area contributed by atoms with E-state index in [1.807, 2.05) is 19.2 Å². The molecule has 0 saturated carbocycles. The summed E-state index contributed by atoms with van der Waals surface area (Å²) in [5.41, 5.74) is 0.814. The second-order valence-corrected chi connectivity index (χ2v) is 6.61. The highest BCUT2D eigenvalue weighted by atomic mass is 79.9. The first kappa shape index (κ1) is 15.1. The number of nitrogens with one attached hydrogen (secondary N) is 1. The molecule has 0 spiro atoms. The monoisotopic (exact) mass is 338 g/mol. The second kappa shape index (κ2) is 6.01. The van der Waals surface area contributed by atoms with Crippen molar-refractivity contribution in [1.29, 1.82) is 0 Å². The molecule has 6 heteroatoms. The van der Waals surface area contributed by atoms with Crippen LogP contribution >= 0.6 is 15.9 Å². The van der Waals surface area contributed by atoms with Gasteiger partial charge in [-0.3, -0.25) is 4.98 Å². The van der Waals surface area contributed by atoms with E-state index in [-0.39, 0.29) is 11.5 Å². The molecule has 108 valence electrons. The quantitative estimate of drug-likeness (QED) is 0.927. The maximum absolute atomic E-state index is 5.34. The average molecular weight is 339 g/mol. The lowest BCUT2D eigenvalue weighted by atomic mass is 9.85. The summed E-state index contributed by atoms with van der Waals surface area (Å²) in [7, 11) is 1.95. The molecule has 0 amide bonds. The summed E-state index contributed by atoms with van der Waals surface area (Å²) in [6.45, 7) is 6.54. The van der Waals surface area contributed by atoms with Crippen LogP contribution in [0.15, 0.2) is 27.3 Å². The van der Waals surface area contributed by atoms with Crippen LogP contribution in [0.2, 0.25) is 0 Å². The maximum Gasteiger partial charge on any atom is 0.228 e. The highest BCUT2D eigenvalue weighted by molar-refractivity contribution is 9.10. The van der Waals surface area contributed by atoms with Crippen LogP contribution in [0.4, 0.5) is 0 Å². The van der Waals surface area contributed by atoms with E-state index in [1.165, 1.54) is 0 Å². The molecule has 2 heterocycles. The molecule has 0 radical (unpaired) electrons. The van der Waals surface area contributed by atoms with Crippen LogP contribution in [0, 0.1) is 5.41 Å². The third-order valence-electron chi connectivity index (χ3n) is 3.21. The second-order valence-electron chi connectivity index (χ2n) is 5.76. The SMILES string of the molecule is CNC(Cc1nc(-c2ncccc2Br)no1)C(C)(C)C. The third kappa shape index (κ3) is 3.43. The minimum Gasteiger partial charge on any atom is -0.339 e. The molecule has 5 nitrogen and oxygen atoms in total. The number of pyridine rings is 1. The predicted octanol–water partition coefficient (Wildman–Crippen LogP) is 3.07. The summed E-state index contributed by atoms with van der Waals surface area (Å²) < 4.78 is 6.19. The summed E-state index contributed by atoms with van der Waals surface area (Å²) in [6, 6.07) is 4.03. The molecule has 2 rings (SSSR count). The Hall–Kier alpha value is -1.27. The first-order chi connectivity index (χ1) is 9.41. The normalized spacial score (nSPS) is 13.4. The number of likely N-dealkylation sites (N-methyl/N-ethyl adjacent to an activating group) is 1. The van der Waals surface area contributed by atoms with Crippen molar-refractivity contribution in [3.8, 4) is 11.5 Å². The van der Waals surface area contributed by atoms with E-state index in [9.17, 15) is 0 Å². The van der Waals surface area contributed by atoms with Gasteiger partial charge in [0.15, 0.2) is 0 Å². The van der Waals surface area contributed by atoms with E-state index < -0.39 is 0 Å². The van der Waals surface area contributed by atoms with Gasteiger partial charge in [0.2, 0.25) is 11.7 Å². The Bertz CT molecular complexity index is 577. The maximum atomic E-state index is 5.34. The van der Waals surface area contributed by atoms with Crippen LogP contribution in [0.3, 0.4) is 0 Å². The van der Waals surface area contributed by atoms with Crippen molar-refractivity contribution in [3.05, 3.63) is 28.7 Å². The standard InChI is InChI=1S/C14H19BrN4O/c1-14(2,3)10(16-4)8-11-18-13(19-20-11)12-9(15)6-5-7-17-12/h5-7,10,16H,8H2,1-4H3. The molecule has 1 N–H and O–H groups in total. The topological polar surface area (TPSA) is 63.8 Å². The summed E-state index contributed by atoms with van der Waals surface area (Å²) in [4.78, 5) is 8.69. The number of hydrogen-bond acceptors (Lipinski definition) is 5. The molecule has 0 aromatic carbocycles. The minimum absolute atomic E-state index is 0.120. The van der Waals surface area contributed by atoms with Crippen LogP contribution in [0.25, 0.3) is 11.5 Å². The van der Waals surface area contributed by atoms with Crippen molar-refractivity contribution in [2.24, 2.45) is 5.41 Å². The highest BCUT2D eigenvalue weighted by Crippen LogP contribution is 2.25. The lowest BCUT2D eigenvalue weighted by Gasteiger charge is -2.29. The average Bonchev–Trinajstić information content (AvgIpc) is 2.83. The molecule has 1 atom stereocenters. The number of nitrogens with zero attached hydrogens (tertiary/aromatic N) is 3. The largest absolute Gasteiger partial charge is 0.339 e. The van der Waals surface area contributed by atoms with Crippen LogP contribution in [-0.4, -0.2) is 28.2 Å². The Kier molecular flexibility index (Phi) is 4.55. The van der Waals surface area contributed by atoms with E-state index >= 15 is 0 Å². The van der Waals surface area contributed by atoms with Crippen molar-refractivity contribution >= 4 is 15.9 Å². The van der Waals surface area contributed by atoms with E-state index in [4.69, 9.17) is 4.52 Å². The lowest BCUT2D eigenvalue weighted by Crippen LogP contribution is -2.39. The van der Waals surface area contributed by atoms with Crippen LogP contribution in [0.5, 0.6) is 0 Å². The van der Waals surface area contributed by atoms with Gasteiger partial charge in [0.25, 0.3) is 0 Å². The van der Waals surface area contributed by atoms with Gasteiger partial charge in [0.05, 0.1) is 0 Å². The molecule has 0 aliphatic rings. The van der Waals surface area contributed by atoms with Gasteiger partial charge in [-0.25, -0.2) is 0 Å². The van der Waals surface area contributed by atoms with Gasteiger partial charge in [0.1, 0.15) is 5.69 Å². The van der Waals surface area contributed by atoms with Crippen molar-refractivity contribution in [2.75, 3.05) is 7.05 Å². The Morgan fingerprint density at radius 2 is 2.15 bits per heavy atom. The van der Waals surface area contributed by atoms with Gasteiger partial charge in [-0.05, 0) is 40.5 Å². The van der Waals surface area contributed by atoms with Gasteiger partial charge in [-0.1, -0.05) is 25.9 Å². The Balaban J connectivity index is 2.20. The molecule has 1 unspecified atom stereocenters. The molecule has 0 saturated heterocycles. The van der Waals surface area contributed by atoms with Crippen LogP contribution in [0.1, 0.15) is 26.7 Å². The summed E-state index contributed by atoms with van der Waals surface area (Å²) >= 11 is 3.44. The number of rotatable bonds is 4. The van der Waals surface area contributed by atoms with Gasteiger partial charge < -0.3 is 9.84 Å². The van der Waals surface area contributed by atoms with Gasteiger partial charge in [-0.2, -0.15) is 4.98 Å². The molecular formula is C14H19BrN4O. The Morgan fingerprint density at radius 3 is 2.75 bits per heavy atom. The lowest BCUT2D eigenvalue weighted by molar-refractivity contribution is 0.255. The van der Waals surface area contributed by atoms with E-state index in [0.29, 0.717) is 23.8 Å². The fourth-order valence-electron chi connectivity index (χ4n) is 2.00. The smallest absolute Gasteiger partial charge is 0.228 e. The zero-order chi connectivity index (χ0) is 14.8. The molecule has 0 aliphatic carbocycles. The van der Waals surface area contributed by atoms with Crippen molar-refractivity contribution in [2.45, 2.75) is 33.2 Å². The highest BCUT2D eigenvalue weighted by Gasteiger charge is 2.25. The molecule has 20 heavy (non-hydrogen) atoms. The van der Waals surface area contributed by atoms with Crippen molar-refractivity contribution < 1.29 is 4.52 Å². The molecule has 2 aromatic rings. The summed E-state index contributed by atoms with van der Waals surface area (Å²) in [5.74, 6) is 1.13.